The van der Waals surface area contributed by atoms with Crippen LogP contribution in [-0.2, 0) is 14.8 Å². The summed E-state index contributed by atoms with van der Waals surface area (Å²) in [5.74, 6) is -1.15. The SMILES string of the molecule is Cc1ccc(C(C)NC(=O)CN(c2ccc(F)c(Cl)c2)S(C)(=O)=O)cc1. The van der Waals surface area contributed by atoms with Crippen molar-refractivity contribution in [2.24, 2.45) is 0 Å². The zero-order chi connectivity index (χ0) is 19.5. The third-order valence-corrected chi connectivity index (χ3v) is 5.26. The van der Waals surface area contributed by atoms with E-state index in [0.717, 1.165) is 27.8 Å². The highest BCUT2D eigenvalue weighted by Crippen LogP contribution is 2.24. The number of hydrogen-bond donors (Lipinski definition) is 1. The minimum Gasteiger partial charge on any atom is -0.348 e. The van der Waals surface area contributed by atoms with Crippen LogP contribution in [0.2, 0.25) is 5.02 Å². The van der Waals surface area contributed by atoms with Crippen LogP contribution >= 0.6 is 11.6 Å². The number of amides is 1. The second-order valence-corrected chi connectivity index (χ2v) is 8.38. The van der Waals surface area contributed by atoms with Crippen molar-refractivity contribution in [2.45, 2.75) is 19.9 Å². The Hall–Kier alpha value is -2.12. The topological polar surface area (TPSA) is 66.5 Å². The highest BCUT2D eigenvalue weighted by Gasteiger charge is 2.22. The molecule has 140 valence electrons. The molecule has 0 fully saturated rings. The molecular weight excluding hydrogens is 379 g/mol. The summed E-state index contributed by atoms with van der Waals surface area (Å²) >= 11 is 5.72. The van der Waals surface area contributed by atoms with E-state index in [1.807, 2.05) is 38.1 Å². The predicted molar refractivity (Wildman–Crippen MR) is 101 cm³/mol. The molecule has 2 rings (SSSR count). The maximum atomic E-state index is 13.3. The third-order valence-electron chi connectivity index (χ3n) is 3.83. The molecule has 8 heteroatoms. The number of anilines is 1. The Balaban J connectivity index is 2.16. The highest BCUT2D eigenvalue weighted by atomic mass is 35.5. The fourth-order valence-corrected chi connectivity index (χ4v) is 3.42. The lowest BCUT2D eigenvalue weighted by Crippen LogP contribution is -2.41. The van der Waals surface area contributed by atoms with Gasteiger partial charge in [-0.25, -0.2) is 12.8 Å². The van der Waals surface area contributed by atoms with E-state index in [9.17, 15) is 17.6 Å². The second kappa shape index (κ2) is 8.05. The van der Waals surface area contributed by atoms with Crippen molar-refractivity contribution in [3.63, 3.8) is 0 Å². The molecule has 26 heavy (non-hydrogen) atoms. The summed E-state index contributed by atoms with van der Waals surface area (Å²) in [7, 11) is -3.76. The average Bonchev–Trinajstić information content (AvgIpc) is 2.55. The van der Waals surface area contributed by atoms with E-state index >= 15 is 0 Å². The van der Waals surface area contributed by atoms with Gasteiger partial charge in [-0.1, -0.05) is 41.4 Å². The van der Waals surface area contributed by atoms with Crippen LogP contribution in [-0.4, -0.2) is 27.1 Å². The van der Waals surface area contributed by atoms with Crippen molar-refractivity contribution in [3.8, 4) is 0 Å². The van der Waals surface area contributed by atoms with Crippen LogP contribution in [0.4, 0.5) is 10.1 Å². The molecule has 0 heterocycles. The number of nitrogens with one attached hydrogen (secondary N) is 1. The van der Waals surface area contributed by atoms with Crippen molar-refractivity contribution in [1.29, 1.82) is 0 Å². The Kier molecular flexibility index (Phi) is 6.26. The number of aryl methyl sites for hydroxylation is 1. The first kappa shape index (κ1) is 20.2. The Morgan fingerprint density at radius 3 is 2.38 bits per heavy atom. The van der Waals surface area contributed by atoms with Crippen molar-refractivity contribution < 1.29 is 17.6 Å². The number of halogens is 2. The lowest BCUT2D eigenvalue weighted by molar-refractivity contribution is -0.120. The Morgan fingerprint density at radius 1 is 1.23 bits per heavy atom. The molecule has 0 aliphatic rings. The van der Waals surface area contributed by atoms with Gasteiger partial charge in [-0.05, 0) is 37.6 Å². The van der Waals surface area contributed by atoms with Crippen molar-refractivity contribution in [1.82, 2.24) is 5.32 Å². The lowest BCUT2D eigenvalue weighted by atomic mass is 10.1. The molecule has 1 atom stereocenters. The van der Waals surface area contributed by atoms with Gasteiger partial charge in [0.05, 0.1) is 23.0 Å². The molecule has 0 aromatic heterocycles. The van der Waals surface area contributed by atoms with E-state index < -0.39 is 28.3 Å². The van der Waals surface area contributed by atoms with Crippen LogP contribution in [0.3, 0.4) is 0 Å². The standard InChI is InChI=1S/C18H20ClFN2O3S/c1-12-4-6-14(7-5-12)13(2)21-18(23)11-22(26(3,24)25)15-8-9-17(20)16(19)10-15/h4-10,13H,11H2,1-3H3,(H,21,23). The maximum absolute atomic E-state index is 13.3. The van der Waals surface area contributed by atoms with Crippen LogP contribution in [0, 0.1) is 12.7 Å². The first-order valence-corrected chi connectivity index (χ1v) is 10.1. The van der Waals surface area contributed by atoms with Gasteiger partial charge in [0, 0.05) is 0 Å². The predicted octanol–water partition coefficient (Wildman–Crippen LogP) is 3.43. The molecule has 0 bridgehead atoms. The second-order valence-electron chi connectivity index (χ2n) is 6.07. The summed E-state index contributed by atoms with van der Waals surface area (Å²) in [5.41, 5.74) is 2.13. The Morgan fingerprint density at radius 2 is 1.85 bits per heavy atom. The van der Waals surface area contributed by atoms with Gasteiger partial charge >= 0.3 is 0 Å². The molecule has 0 spiro atoms. The summed E-state index contributed by atoms with van der Waals surface area (Å²) in [5, 5.41) is 2.54. The van der Waals surface area contributed by atoms with Gasteiger partial charge in [-0.15, -0.1) is 0 Å². The van der Waals surface area contributed by atoms with Gasteiger partial charge in [0.25, 0.3) is 0 Å². The molecule has 0 saturated heterocycles. The lowest BCUT2D eigenvalue weighted by Gasteiger charge is -2.23. The molecule has 1 amide bonds. The van der Waals surface area contributed by atoms with Crippen molar-refractivity contribution in [3.05, 3.63) is 64.4 Å². The van der Waals surface area contributed by atoms with Gasteiger partial charge in [-0.2, -0.15) is 0 Å². The van der Waals surface area contributed by atoms with Gasteiger partial charge in [-0.3, -0.25) is 9.10 Å². The first-order chi connectivity index (χ1) is 12.1. The monoisotopic (exact) mass is 398 g/mol. The minimum absolute atomic E-state index is 0.122. The number of nitrogens with zero attached hydrogens (tertiary/aromatic N) is 1. The number of rotatable bonds is 6. The van der Waals surface area contributed by atoms with Crippen molar-refractivity contribution in [2.75, 3.05) is 17.1 Å². The summed E-state index contributed by atoms with van der Waals surface area (Å²) in [6, 6.07) is 10.9. The van der Waals surface area contributed by atoms with Crippen LogP contribution < -0.4 is 9.62 Å². The van der Waals surface area contributed by atoms with Crippen molar-refractivity contribution >= 4 is 33.2 Å². The molecule has 0 radical (unpaired) electrons. The van der Waals surface area contributed by atoms with E-state index in [-0.39, 0.29) is 16.8 Å². The van der Waals surface area contributed by atoms with Gasteiger partial charge in [0.1, 0.15) is 12.4 Å². The molecule has 5 nitrogen and oxygen atoms in total. The number of carbonyl (C=O) groups excluding carboxylic acids is 1. The van der Waals surface area contributed by atoms with Gasteiger partial charge in [0.2, 0.25) is 15.9 Å². The summed E-state index contributed by atoms with van der Waals surface area (Å²) in [6.45, 7) is 3.34. The summed E-state index contributed by atoms with van der Waals surface area (Å²) in [6.07, 6.45) is 0.973. The number of sulfonamides is 1. The van der Waals surface area contributed by atoms with E-state index in [2.05, 4.69) is 5.32 Å². The highest BCUT2D eigenvalue weighted by molar-refractivity contribution is 7.92. The molecular formula is C18H20ClFN2O3S. The molecule has 2 aromatic rings. The van der Waals surface area contributed by atoms with Gasteiger partial charge in [0.15, 0.2) is 0 Å². The number of carbonyl (C=O) groups is 1. The largest absolute Gasteiger partial charge is 0.348 e. The zero-order valence-corrected chi connectivity index (χ0v) is 16.2. The van der Waals surface area contributed by atoms with E-state index in [1.54, 1.807) is 0 Å². The molecule has 0 aliphatic heterocycles. The van der Waals surface area contributed by atoms with Gasteiger partial charge < -0.3 is 5.32 Å². The average molecular weight is 399 g/mol. The van der Waals surface area contributed by atoms with E-state index in [4.69, 9.17) is 11.6 Å². The smallest absolute Gasteiger partial charge is 0.241 e. The molecule has 1 N–H and O–H groups in total. The zero-order valence-electron chi connectivity index (χ0n) is 14.7. The normalized spacial score (nSPS) is 12.5. The number of benzene rings is 2. The Labute approximate surface area is 157 Å². The Bertz CT molecular complexity index is 901. The third kappa shape index (κ3) is 5.19. The summed E-state index contributed by atoms with van der Waals surface area (Å²) in [4.78, 5) is 12.4. The first-order valence-electron chi connectivity index (χ1n) is 7.86. The van der Waals surface area contributed by atoms with Crippen LogP contribution in [0.5, 0.6) is 0 Å². The van der Waals surface area contributed by atoms with Crippen LogP contribution in [0.1, 0.15) is 24.1 Å². The van der Waals surface area contributed by atoms with E-state index in [0.29, 0.717) is 0 Å². The van der Waals surface area contributed by atoms with Crippen LogP contribution in [0.15, 0.2) is 42.5 Å². The molecule has 2 aromatic carbocycles. The molecule has 1 unspecified atom stereocenters. The quantitative estimate of drug-likeness (QED) is 0.810. The maximum Gasteiger partial charge on any atom is 0.241 e. The van der Waals surface area contributed by atoms with E-state index in [1.165, 1.54) is 12.1 Å². The molecule has 0 aliphatic carbocycles. The minimum atomic E-state index is -3.76. The fourth-order valence-electron chi connectivity index (χ4n) is 2.40. The number of hydrogen-bond acceptors (Lipinski definition) is 3. The summed E-state index contributed by atoms with van der Waals surface area (Å²) < 4.78 is 38.3. The molecule has 0 saturated carbocycles. The van der Waals surface area contributed by atoms with Crippen LogP contribution in [0.25, 0.3) is 0 Å². The fraction of sp³-hybridized carbons (Fsp3) is 0.278.